The Morgan fingerprint density at radius 2 is 1.92 bits per heavy atom. The summed E-state index contributed by atoms with van der Waals surface area (Å²) in [6.45, 7) is 0. The lowest BCUT2D eigenvalue weighted by atomic mass is 10.1. The lowest BCUT2D eigenvalue weighted by Gasteiger charge is -2.19. The van der Waals surface area contributed by atoms with Crippen LogP contribution in [0.5, 0.6) is 5.75 Å². The number of benzene rings is 2. The van der Waals surface area contributed by atoms with E-state index in [0.29, 0.717) is 5.75 Å². The molecule has 0 saturated carbocycles. The van der Waals surface area contributed by atoms with Crippen molar-refractivity contribution in [1.29, 1.82) is 0 Å². The molecule has 0 saturated heterocycles. The summed E-state index contributed by atoms with van der Waals surface area (Å²) in [5, 5.41) is 3.10. The Morgan fingerprint density at radius 1 is 1.19 bits per heavy atom. The number of thioether (sulfide) groups is 1. The van der Waals surface area contributed by atoms with Crippen LogP contribution in [-0.2, 0) is 11.8 Å². The van der Waals surface area contributed by atoms with Gasteiger partial charge in [0.15, 0.2) is 0 Å². The van der Waals surface area contributed by atoms with Gasteiger partial charge in [-0.3, -0.25) is 4.79 Å². The molecule has 0 aliphatic rings. The molecule has 0 radical (unpaired) electrons. The fourth-order valence-electron chi connectivity index (χ4n) is 2.62. The molecule has 1 heterocycles. The minimum Gasteiger partial charge on any atom is -0.497 e. The van der Waals surface area contributed by atoms with Gasteiger partial charge in [0, 0.05) is 24.3 Å². The number of ether oxygens (including phenoxy) is 1. The molecule has 1 amide bonds. The average molecular weight is 367 g/mol. The summed E-state index contributed by atoms with van der Waals surface area (Å²) in [6, 6.07) is 17.2. The Hall–Kier alpha value is -2.73. The number of nitrogens with one attached hydrogen (secondary N) is 1. The van der Waals surface area contributed by atoms with Crippen molar-refractivity contribution in [2.24, 2.45) is 7.05 Å². The van der Waals surface area contributed by atoms with E-state index in [9.17, 15) is 4.79 Å². The fraction of sp³-hybridized carbons (Fsp3) is 0.200. The molecule has 3 rings (SSSR count). The number of carbonyl (C=O) groups is 1. The number of nitrogens with zero attached hydrogens (tertiary/aromatic N) is 2. The molecule has 0 spiro atoms. The van der Waals surface area contributed by atoms with Crippen LogP contribution in [0, 0.1) is 0 Å². The summed E-state index contributed by atoms with van der Waals surface area (Å²) in [7, 11) is 3.55. The van der Waals surface area contributed by atoms with Gasteiger partial charge in [0.05, 0.1) is 12.9 Å². The molecule has 1 unspecified atom stereocenters. The molecular formula is C20H21N3O2S. The number of rotatable bonds is 7. The van der Waals surface area contributed by atoms with Gasteiger partial charge in [-0.05, 0) is 29.8 Å². The van der Waals surface area contributed by atoms with E-state index in [0.717, 1.165) is 22.0 Å². The van der Waals surface area contributed by atoms with E-state index in [1.54, 1.807) is 13.3 Å². The first-order chi connectivity index (χ1) is 12.7. The van der Waals surface area contributed by atoms with Gasteiger partial charge in [-0.25, -0.2) is 4.98 Å². The lowest BCUT2D eigenvalue weighted by Crippen LogP contribution is -2.32. The van der Waals surface area contributed by atoms with Gasteiger partial charge in [-0.15, -0.1) is 11.8 Å². The van der Waals surface area contributed by atoms with Crippen molar-refractivity contribution in [1.82, 2.24) is 14.9 Å². The SMILES string of the molecule is COc1ccc(C(NC(=O)CSc2ccccc2)c2nccn2C)cc1. The van der Waals surface area contributed by atoms with Crippen molar-refractivity contribution in [2.45, 2.75) is 10.9 Å². The van der Waals surface area contributed by atoms with Crippen LogP contribution in [0.2, 0.25) is 0 Å². The Balaban J connectivity index is 1.75. The number of carbonyl (C=O) groups excluding carboxylic acids is 1. The quantitative estimate of drug-likeness (QED) is 0.650. The zero-order chi connectivity index (χ0) is 18.4. The van der Waals surface area contributed by atoms with E-state index in [1.807, 2.05) is 72.4 Å². The monoisotopic (exact) mass is 367 g/mol. The molecule has 1 N–H and O–H groups in total. The maximum Gasteiger partial charge on any atom is 0.231 e. The maximum atomic E-state index is 12.5. The number of hydrogen-bond acceptors (Lipinski definition) is 4. The van der Waals surface area contributed by atoms with Gasteiger partial charge in [-0.2, -0.15) is 0 Å². The molecule has 0 aliphatic carbocycles. The molecule has 2 aromatic carbocycles. The summed E-state index contributed by atoms with van der Waals surface area (Å²) in [5.41, 5.74) is 0.957. The van der Waals surface area contributed by atoms with Crippen LogP contribution in [0.4, 0.5) is 0 Å². The molecule has 0 fully saturated rings. The molecule has 134 valence electrons. The highest BCUT2D eigenvalue weighted by atomic mass is 32.2. The first kappa shape index (κ1) is 18.1. The molecule has 0 aliphatic heterocycles. The van der Waals surface area contributed by atoms with E-state index >= 15 is 0 Å². The van der Waals surface area contributed by atoms with Crippen LogP contribution in [-0.4, -0.2) is 28.3 Å². The van der Waals surface area contributed by atoms with Gasteiger partial charge in [0.2, 0.25) is 5.91 Å². The van der Waals surface area contributed by atoms with E-state index in [4.69, 9.17) is 4.74 Å². The van der Waals surface area contributed by atoms with Crippen molar-refractivity contribution in [3.05, 3.63) is 78.4 Å². The number of aryl methyl sites for hydroxylation is 1. The summed E-state index contributed by atoms with van der Waals surface area (Å²) in [6.07, 6.45) is 3.60. The second-order valence-corrected chi connectivity index (χ2v) is 6.82. The zero-order valence-corrected chi connectivity index (χ0v) is 15.6. The van der Waals surface area contributed by atoms with Crippen molar-refractivity contribution >= 4 is 17.7 Å². The predicted molar refractivity (Wildman–Crippen MR) is 103 cm³/mol. The van der Waals surface area contributed by atoms with Crippen LogP contribution in [0.25, 0.3) is 0 Å². The van der Waals surface area contributed by atoms with E-state index in [1.165, 1.54) is 11.8 Å². The normalized spacial score (nSPS) is 11.8. The third kappa shape index (κ3) is 4.46. The first-order valence-electron chi connectivity index (χ1n) is 8.26. The minimum absolute atomic E-state index is 0.0392. The Labute approximate surface area is 157 Å². The predicted octanol–water partition coefficient (Wildman–Crippen LogP) is 3.43. The summed E-state index contributed by atoms with van der Waals surface area (Å²) in [4.78, 5) is 18.0. The van der Waals surface area contributed by atoms with E-state index in [-0.39, 0.29) is 11.9 Å². The van der Waals surface area contributed by atoms with Crippen LogP contribution in [0.15, 0.2) is 71.9 Å². The largest absolute Gasteiger partial charge is 0.497 e. The summed E-state index contributed by atoms with van der Waals surface area (Å²) >= 11 is 1.51. The van der Waals surface area contributed by atoms with Crippen molar-refractivity contribution < 1.29 is 9.53 Å². The molecular weight excluding hydrogens is 346 g/mol. The third-order valence-corrected chi connectivity index (χ3v) is 5.00. The Kier molecular flexibility index (Phi) is 5.96. The fourth-order valence-corrected chi connectivity index (χ4v) is 3.35. The molecule has 1 aromatic heterocycles. The molecule has 6 heteroatoms. The Morgan fingerprint density at radius 3 is 2.54 bits per heavy atom. The van der Waals surface area contributed by atoms with Gasteiger partial charge in [0.1, 0.15) is 17.6 Å². The Bertz CT molecular complexity index is 847. The summed E-state index contributed by atoms with van der Waals surface area (Å²) < 4.78 is 7.14. The van der Waals surface area contributed by atoms with Gasteiger partial charge in [-0.1, -0.05) is 30.3 Å². The second-order valence-electron chi connectivity index (χ2n) is 5.77. The van der Waals surface area contributed by atoms with Crippen molar-refractivity contribution in [3.63, 3.8) is 0 Å². The smallest absolute Gasteiger partial charge is 0.231 e. The van der Waals surface area contributed by atoms with Gasteiger partial charge in [0.25, 0.3) is 0 Å². The highest BCUT2D eigenvalue weighted by Crippen LogP contribution is 2.24. The van der Waals surface area contributed by atoms with Crippen LogP contribution >= 0.6 is 11.8 Å². The molecule has 1 atom stereocenters. The number of imidazole rings is 1. The molecule has 26 heavy (non-hydrogen) atoms. The first-order valence-corrected chi connectivity index (χ1v) is 9.24. The number of aromatic nitrogens is 2. The molecule has 0 bridgehead atoms. The second kappa shape index (κ2) is 8.58. The maximum absolute atomic E-state index is 12.5. The number of hydrogen-bond donors (Lipinski definition) is 1. The van der Waals surface area contributed by atoms with Crippen LogP contribution in [0.1, 0.15) is 17.4 Å². The van der Waals surface area contributed by atoms with Crippen LogP contribution in [0.3, 0.4) is 0 Å². The van der Waals surface area contributed by atoms with E-state index in [2.05, 4.69) is 10.3 Å². The van der Waals surface area contributed by atoms with Crippen molar-refractivity contribution in [3.8, 4) is 5.75 Å². The third-order valence-electron chi connectivity index (χ3n) is 3.98. The molecule has 5 nitrogen and oxygen atoms in total. The summed E-state index contributed by atoms with van der Waals surface area (Å²) in [5.74, 6) is 1.87. The zero-order valence-electron chi connectivity index (χ0n) is 14.8. The van der Waals surface area contributed by atoms with Crippen LogP contribution < -0.4 is 10.1 Å². The average Bonchev–Trinajstić information content (AvgIpc) is 3.11. The van der Waals surface area contributed by atoms with E-state index < -0.39 is 0 Å². The topological polar surface area (TPSA) is 56.1 Å². The highest BCUT2D eigenvalue weighted by molar-refractivity contribution is 8.00. The number of amides is 1. The molecule has 3 aromatic rings. The van der Waals surface area contributed by atoms with Crippen molar-refractivity contribution in [2.75, 3.05) is 12.9 Å². The van der Waals surface area contributed by atoms with Gasteiger partial charge < -0.3 is 14.6 Å². The lowest BCUT2D eigenvalue weighted by molar-refractivity contribution is -0.119. The van der Waals surface area contributed by atoms with Gasteiger partial charge >= 0.3 is 0 Å². The number of methoxy groups -OCH3 is 1. The standard InChI is InChI=1S/C20H21N3O2S/c1-23-13-12-21-20(23)19(15-8-10-16(25-2)11-9-15)22-18(24)14-26-17-6-4-3-5-7-17/h3-13,19H,14H2,1-2H3,(H,22,24). The minimum atomic E-state index is -0.315. The highest BCUT2D eigenvalue weighted by Gasteiger charge is 2.20.